The number of aliphatic hydroxyl groups excluding tert-OH is 1. The average Bonchev–Trinajstić information content (AvgIpc) is 2.68. The van der Waals surface area contributed by atoms with Gasteiger partial charge in [-0.25, -0.2) is 9.59 Å². The maximum Gasteiger partial charge on any atom is 0.328 e. The maximum atomic E-state index is 11.4. The van der Waals surface area contributed by atoms with Crippen molar-refractivity contribution in [3.05, 3.63) is 20.8 Å². The van der Waals surface area contributed by atoms with Gasteiger partial charge in [0.2, 0.25) is 0 Å². The fourth-order valence-electron chi connectivity index (χ4n) is 1.19. The number of carbonyl (C=O) groups is 2. The third kappa shape index (κ3) is 4.63. The number of thiophene rings is 1. The van der Waals surface area contributed by atoms with E-state index in [1.54, 1.807) is 0 Å². The average molecular weight is 337 g/mol. The number of halogens is 1. The van der Waals surface area contributed by atoms with Gasteiger partial charge in [0.15, 0.2) is 6.04 Å². The first kappa shape index (κ1) is 14.9. The molecule has 6 nitrogen and oxygen atoms in total. The van der Waals surface area contributed by atoms with Crippen LogP contribution in [0.5, 0.6) is 0 Å². The van der Waals surface area contributed by atoms with Crippen molar-refractivity contribution >= 4 is 39.3 Å². The van der Waals surface area contributed by atoms with Crippen LogP contribution in [0.25, 0.3) is 0 Å². The number of carbonyl (C=O) groups excluding carboxylic acids is 1. The minimum atomic E-state index is -1.32. The first-order valence-corrected chi connectivity index (χ1v) is 6.75. The molecule has 0 aliphatic heterocycles. The lowest BCUT2D eigenvalue weighted by atomic mass is 10.2. The van der Waals surface area contributed by atoms with Gasteiger partial charge in [-0.2, -0.15) is 0 Å². The number of hydrogen-bond donors (Lipinski definition) is 4. The molecule has 1 aromatic heterocycles. The van der Waals surface area contributed by atoms with Crippen LogP contribution in [-0.4, -0.2) is 34.4 Å². The Morgan fingerprint density at radius 3 is 2.67 bits per heavy atom. The van der Waals surface area contributed by atoms with E-state index in [-0.39, 0.29) is 0 Å². The summed E-state index contributed by atoms with van der Waals surface area (Å²) < 4.78 is 0.928. The first-order valence-electron chi connectivity index (χ1n) is 5.08. The van der Waals surface area contributed by atoms with Crippen LogP contribution < -0.4 is 10.6 Å². The molecule has 0 bridgehead atoms. The van der Waals surface area contributed by atoms with Crippen LogP contribution in [0.3, 0.4) is 0 Å². The number of aliphatic hydroxyl groups is 1. The minimum absolute atomic E-state index is 0.300. The van der Waals surface area contributed by atoms with E-state index in [0.717, 1.165) is 9.35 Å². The molecule has 2 atom stereocenters. The molecule has 4 N–H and O–H groups in total. The van der Waals surface area contributed by atoms with Crippen LogP contribution in [0.2, 0.25) is 0 Å². The molecule has 0 aliphatic rings. The van der Waals surface area contributed by atoms with Crippen molar-refractivity contribution < 1.29 is 19.8 Å². The third-order valence-electron chi connectivity index (χ3n) is 2.08. The van der Waals surface area contributed by atoms with E-state index in [1.807, 2.05) is 11.4 Å². The molecular weight excluding hydrogens is 324 g/mol. The first-order chi connectivity index (χ1) is 8.40. The Labute approximate surface area is 116 Å². The van der Waals surface area contributed by atoms with Crippen molar-refractivity contribution in [2.24, 2.45) is 0 Å². The zero-order chi connectivity index (χ0) is 13.7. The largest absolute Gasteiger partial charge is 0.480 e. The van der Waals surface area contributed by atoms with Gasteiger partial charge in [-0.1, -0.05) is 0 Å². The molecular formula is C10H13BrN2O4S. The highest BCUT2D eigenvalue weighted by molar-refractivity contribution is 9.10. The summed E-state index contributed by atoms with van der Waals surface area (Å²) in [6.07, 6.45) is -1.16. The van der Waals surface area contributed by atoms with Crippen LogP contribution >= 0.6 is 27.3 Å². The Kier molecular flexibility index (Phi) is 5.57. The molecule has 0 saturated heterocycles. The van der Waals surface area contributed by atoms with Crippen molar-refractivity contribution in [1.29, 1.82) is 0 Å². The smallest absolute Gasteiger partial charge is 0.328 e. The number of hydrogen-bond acceptors (Lipinski definition) is 4. The predicted octanol–water partition coefficient (Wildman–Crippen LogP) is 1.14. The fourth-order valence-corrected chi connectivity index (χ4v) is 2.59. The monoisotopic (exact) mass is 336 g/mol. The van der Waals surface area contributed by atoms with Gasteiger partial charge in [0, 0.05) is 14.7 Å². The zero-order valence-corrected chi connectivity index (χ0v) is 11.9. The number of carboxylic acid groups (broad SMARTS) is 1. The summed E-state index contributed by atoms with van der Waals surface area (Å²) in [6, 6.07) is -0.0956. The fraction of sp³-hybridized carbons (Fsp3) is 0.400. The van der Waals surface area contributed by atoms with Gasteiger partial charge < -0.3 is 20.8 Å². The number of amides is 2. The topological polar surface area (TPSA) is 98.7 Å². The van der Waals surface area contributed by atoms with Crippen molar-refractivity contribution in [3.63, 3.8) is 0 Å². The number of nitrogens with one attached hydrogen (secondary N) is 2. The summed E-state index contributed by atoms with van der Waals surface area (Å²) in [5, 5.41) is 24.6. The molecule has 0 aliphatic carbocycles. The van der Waals surface area contributed by atoms with E-state index in [0.29, 0.717) is 6.54 Å². The molecule has 8 heteroatoms. The van der Waals surface area contributed by atoms with E-state index in [1.165, 1.54) is 18.3 Å². The van der Waals surface area contributed by atoms with Crippen LogP contribution in [0.1, 0.15) is 11.8 Å². The maximum absolute atomic E-state index is 11.4. The van der Waals surface area contributed by atoms with Gasteiger partial charge in [-0.3, -0.25) is 0 Å². The quantitative estimate of drug-likeness (QED) is 0.648. The minimum Gasteiger partial charge on any atom is -0.480 e. The van der Waals surface area contributed by atoms with E-state index in [2.05, 4.69) is 26.6 Å². The molecule has 0 fully saturated rings. The number of rotatable bonds is 5. The molecule has 100 valence electrons. The molecule has 0 radical (unpaired) electrons. The molecule has 0 aromatic carbocycles. The summed E-state index contributed by atoms with van der Waals surface area (Å²) in [4.78, 5) is 23.1. The van der Waals surface area contributed by atoms with Crippen molar-refractivity contribution in [2.45, 2.75) is 25.6 Å². The predicted molar refractivity (Wildman–Crippen MR) is 70.5 cm³/mol. The highest BCUT2D eigenvalue weighted by Crippen LogP contribution is 2.19. The van der Waals surface area contributed by atoms with E-state index in [9.17, 15) is 14.7 Å². The summed E-state index contributed by atoms with van der Waals surface area (Å²) in [5.41, 5.74) is 0. The molecule has 2 amide bonds. The number of carboxylic acids is 1. The van der Waals surface area contributed by atoms with Crippen LogP contribution in [-0.2, 0) is 11.3 Å². The second kappa shape index (κ2) is 6.72. The summed E-state index contributed by atoms with van der Waals surface area (Å²) in [5.74, 6) is -1.28. The Morgan fingerprint density at radius 2 is 2.22 bits per heavy atom. The van der Waals surface area contributed by atoms with Gasteiger partial charge in [0.25, 0.3) is 0 Å². The number of aliphatic carboxylic acids is 1. The number of urea groups is 1. The Bertz CT molecular complexity index is 435. The standard InChI is InChI=1S/C10H13BrN2O4S/c1-5(14)8(9(15)16)13-10(17)12-3-7-2-6(11)4-18-7/h2,4-5,8,14H,3H2,1H3,(H,15,16)(H2,12,13,17)/t5-,8+/m1/s1. The van der Waals surface area contributed by atoms with Crippen molar-refractivity contribution in [3.8, 4) is 0 Å². The molecule has 18 heavy (non-hydrogen) atoms. The molecule has 1 aromatic rings. The van der Waals surface area contributed by atoms with Crippen LogP contribution in [0.15, 0.2) is 15.9 Å². The van der Waals surface area contributed by atoms with E-state index >= 15 is 0 Å². The zero-order valence-electron chi connectivity index (χ0n) is 9.51. The van der Waals surface area contributed by atoms with Gasteiger partial charge >= 0.3 is 12.0 Å². The molecule has 0 saturated carbocycles. The lowest BCUT2D eigenvalue weighted by Crippen LogP contribution is -2.50. The second-order valence-electron chi connectivity index (χ2n) is 3.61. The second-order valence-corrected chi connectivity index (χ2v) is 5.53. The molecule has 0 unspecified atom stereocenters. The molecule has 1 heterocycles. The van der Waals surface area contributed by atoms with Gasteiger partial charge in [-0.05, 0) is 28.9 Å². The van der Waals surface area contributed by atoms with Crippen LogP contribution in [0.4, 0.5) is 4.79 Å². The van der Waals surface area contributed by atoms with Gasteiger partial charge in [0.1, 0.15) is 0 Å². The summed E-state index contributed by atoms with van der Waals surface area (Å²) in [7, 11) is 0. The van der Waals surface area contributed by atoms with E-state index in [4.69, 9.17) is 5.11 Å². The highest BCUT2D eigenvalue weighted by Gasteiger charge is 2.24. The third-order valence-corrected chi connectivity index (χ3v) is 3.78. The molecule has 1 rings (SSSR count). The lowest BCUT2D eigenvalue weighted by molar-refractivity contribution is -0.141. The lowest BCUT2D eigenvalue weighted by Gasteiger charge is -2.17. The Morgan fingerprint density at radius 1 is 1.56 bits per heavy atom. The van der Waals surface area contributed by atoms with E-state index < -0.39 is 24.1 Å². The Balaban J connectivity index is 2.43. The normalized spacial score (nSPS) is 13.7. The van der Waals surface area contributed by atoms with Gasteiger partial charge in [-0.15, -0.1) is 11.3 Å². The SMILES string of the molecule is C[C@@H](O)[C@H](NC(=O)NCc1cc(Br)cs1)C(=O)O. The van der Waals surface area contributed by atoms with Crippen LogP contribution in [0, 0.1) is 0 Å². The summed E-state index contributed by atoms with van der Waals surface area (Å²) in [6.45, 7) is 1.60. The summed E-state index contributed by atoms with van der Waals surface area (Å²) >= 11 is 4.76. The molecule has 0 spiro atoms. The highest BCUT2D eigenvalue weighted by atomic mass is 79.9. The van der Waals surface area contributed by atoms with Crippen molar-refractivity contribution in [2.75, 3.05) is 0 Å². The van der Waals surface area contributed by atoms with Gasteiger partial charge in [0.05, 0.1) is 12.6 Å². The Hall–Kier alpha value is -1.12. The van der Waals surface area contributed by atoms with Crippen molar-refractivity contribution in [1.82, 2.24) is 10.6 Å².